The molecular formula is C21H16BrN7O3. The molecule has 32 heavy (non-hydrogen) atoms. The number of rotatable bonds is 4. The van der Waals surface area contributed by atoms with Gasteiger partial charge in [0.05, 0.1) is 12.1 Å². The number of imidazole rings is 1. The Balaban J connectivity index is 1.71. The van der Waals surface area contributed by atoms with Gasteiger partial charge in [-0.3, -0.25) is 18.9 Å². The first kappa shape index (κ1) is 19.9. The number of aromatic amines is 2. The number of aryl methyl sites for hydroxylation is 1. The fraction of sp³-hybridized carbons (Fsp3) is 0.0952. The lowest BCUT2D eigenvalue weighted by molar-refractivity contribution is 0.459. The number of hydrogen-bond donors (Lipinski definition) is 3. The van der Waals surface area contributed by atoms with Gasteiger partial charge >= 0.3 is 5.69 Å². The monoisotopic (exact) mass is 493 g/mol. The van der Waals surface area contributed by atoms with Crippen LogP contribution in [0.2, 0.25) is 0 Å². The second kappa shape index (κ2) is 7.61. The highest BCUT2D eigenvalue weighted by Crippen LogP contribution is 2.37. The highest BCUT2D eigenvalue weighted by atomic mass is 79.9. The predicted octanol–water partition coefficient (Wildman–Crippen LogP) is 3.84. The van der Waals surface area contributed by atoms with E-state index in [2.05, 4.69) is 41.1 Å². The minimum atomic E-state index is -0.575. The third kappa shape index (κ3) is 3.32. The third-order valence-electron chi connectivity index (χ3n) is 5.12. The number of aromatic nitrogens is 5. The van der Waals surface area contributed by atoms with E-state index in [9.17, 15) is 14.7 Å². The lowest BCUT2D eigenvalue weighted by Crippen LogP contribution is -2.29. The Bertz CT molecular complexity index is 1630. The number of H-pyrrole nitrogens is 2. The zero-order chi connectivity index (χ0) is 22.4. The van der Waals surface area contributed by atoms with E-state index in [1.54, 1.807) is 16.7 Å². The van der Waals surface area contributed by atoms with E-state index in [-0.39, 0.29) is 28.7 Å². The van der Waals surface area contributed by atoms with Gasteiger partial charge in [0.15, 0.2) is 16.9 Å². The van der Waals surface area contributed by atoms with Crippen molar-refractivity contribution >= 4 is 49.6 Å². The van der Waals surface area contributed by atoms with Gasteiger partial charge in [0.25, 0.3) is 11.5 Å². The minimum absolute atomic E-state index is 0.124. The molecule has 0 saturated heterocycles. The Hall–Kier alpha value is -3.99. The molecule has 2 aromatic carbocycles. The molecule has 0 aliphatic carbocycles. The van der Waals surface area contributed by atoms with Crippen LogP contribution in [-0.2, 0) is 13.6 Å². The molecule has 0 unspecified atom stereocenters. The number of fused-ring (bicyclic) bond motifs is 2. The molecule has 11 heteroatoms. The largest absolute Gasteiger partial charge is 0.493 e. The molecule has 3 aromatic heterocycles. The minimum Gasteiger partial charge on any atom is -0.493 e. The van der Waals surface area contributed by atoms with Crippen LogP contribution in [0, 0.1) is 0 Å². The van der Waals surface area contributed by atoms with Crippen LogP contribution in [0.3, 0.4) is 0 Å². The van der Waals surface area contributed by atoms with Crippen molar-refractivity contribution in [3.05, 3.63) is 79.4 Å². The zero-order valence-corrected chi connectivity index (χ0v) is 18.3. The Kier molecular flexibility index (Phi) is 4.74. The first-order valence-electron chi connectivity index (χ1n) is 9.58. The van der Waals surface area contributed by atoms with Crippen molar-refractivity contribution in [3.8, 4) is 5.88 Å². The highest BCUT2D eigenvalue weighted by Gasteiger charge is 2.18. The molecule has 5 rings (SSSR count). The van der Waals surface area contributed by atoms with Crippen LogP contribution in [0.15, 0.2) is 72.8 Å². The smallest absolute Gasteiger partial charge is 0.329 e. The van der Waals surface area contributed by atoms with E-state index in [0.717, 1.165) is 10.0 Å². The number of nitrogens with one attached hydrogen (secondary N) is 2. The number of hydrogen-bond acceptors (Lipinski definition) is 6. The second-order valence-corrected chi connectivity index (χ2v) is 8.10. The quantitative estimate of drug-likeness (QED) is 0.328. The van der Waals surface area contributed by atoms with Gasteiger partial charge in [-0.2, -0.15) is 4.98 Å². The van der Waals surface area contributed by atoms with Gasteiger partial charge in [0.2, 0.25) is 5.88 Å². The fourth-order valence-electron chi connectivity index (χ4n) is 3.55. The van der Waals surface area contributed by atoms with Crippen molar-refractivity contribution < 1.29 is 5.11 Å². The fourth-order valence-corrected chi connectivity index (χ4v) is 3.91. The topological polar surface area (TPSA) is 133 Å². The van der Waals surface area contributed by atoms with Gasteiger partial charge in [0.1, 0.15) is 0 Å². The molecule has 0 aliphatic heterocycles. The van der Waals surface area contributed by atoms with Crippen molar-refractivity contribution in [2.75, 3.05) is 0 Å². The molecule has 0 radical (unpaired) electrons. The summed E-state index contributed by atoms with van der Waals surface area (Å²) in [5.41, 5.74) is 1.10. The summed E-state index contributed by atoms with van der Waals surface area (Å²) in [6.07, 6.45) is 0. The highest BCUT2D eigenvalue weighted by molar-refractivity contribution is 9.10. The van der Waals surface area contributed by atoms with Crippen LogP contribution in [-0.4, -0.2) is 29.2 Å². The number of nitrogens with zero attached hydrogens (tertiary/aromatic N) is 5. The summed E-state index contributed by atoms with van der Waals surface area (Å²) in [6.45, 7) is 0.290. The molecule has 0 atom stereocenters. The van der Waals surface area contributed by atoms with E-state index in [1.165, 1.54) is 11.6 Å². The maximum Gasteiger partial charge on any atom is 0.329 e. The lowest BCUT2D eigenvalue weighted by atomic mass is 10.2. The summed E-state index contributed by atoms with van der Waals surface area (Å²) in [6, 6.07) is 14.9. The van der Waals surface area contributed by atoms with Crippen LogP contribution >= 0.6 is 15.9 Å². The Morgan fingerprint density at radius 2 is 1.88 bits per heavy atom. The van der Waals surface area contributed by atoms with Crippen LogP contribution < -0.4 is 11.2 Å². The van der Waals surface area contributed by atoms with Crippen molar-refractivity contribution in [2.45, 2.75) is 6.54 Å². The van der Waals surface area contributed by atoms with E-state index >= 15 is 0 Å². The van der Waals surface area contributed by atoms with Crippen LogP contribution in [0.1, 0.15) is 5.56 Å². The summed E-state index contributed by atoms with van der Waals surface area (Å²) >= 11 is 3.41. The van der Waals surface area contributed by atoms with Gasteiger partial charge in [0, 0.05) is 16.9 Å². The van der Waals surface area contributed by atoms with E-state index < -0.39 is 11.2 Å². The molecule has 0 amide bonds. The van der Waals surface area contributed by atoms with Gasteiger partial charge in [-0.25, -0.2) is 4.79 Å². The first-order valence-corrected chi connectivity index (χ1v) is 10.4. The van der Waals surface area contributed by atoms with Crippen LogP contribution in [0.5, 0.6) is 5.88 Å². The summed E-state index contributed by atoms with van der Waals surface area (Å²) in [4.78, 5) is 34.2. The van der Waals surface area contributed by atoms with Crippen molar-refractivity contribution in [1.29, 1.82) is 0 Å². The number of benzene rings is 2. The summed E-state index contributed by atoms with van der Waals surface area (Å²) in [5, 5.41) is 19.5. The third-order valence-corrected chi connectivity index (χ3v) is 5.62. The first-order chi connectivity index (χ1) is 15.4. The predicted molar refractivity (Wildman–Crippen MR) is 123 cm³/mol. The van der Waals surface area contributed by atoms with Crippen molar-refractivity contribution in [1.82, 2.24) is 24.1 Å². The molecule has 0 bridgehead atoms. The molecule has 0 spiro atoms. The molecule has 3 heterocycles. The van der Waals surface area contributed by atoms with E-state index in [0.29, 0.717) is 17.4 Å². The summed E-state index contributed by atoms with van der Waals surface area (Å²) < 4.78 is 3.66. The SMILES string of the molecule is Cn1c(=O)[nH]c(=O)c2c1nc(N=Nc1c(O)[nH]c3ccc(Br)cc13)n2Cc1ccccc1. The molecule has 160 valence electrons. The number of aromatic hydroxyl groups is 1. The zero-order valence-electron chi connectivity index (χ0n) is 16.7. The van der Waals surface area contributed by atoms with E-state index in [4.69, 9.17) is 0 Å². The van der Waals surface area contributed by atoms with Gasteiger partial charge < -0.3 is 10.1 Å². The maximum absolute atomic E-state index is 12.6. The Morgan fingerprint density at radius 1 is 1.09 bits per heavy atom. The maximum atomic E-state index is 12.6. The average molecular weight is 494 g/mol. The molecule has 3 N–H and O–H groups in total. The van der Waals surface area contributed by atoms with E-state index in [1.807, 2.05) is 36.4 Å². The summed E-state index contributed by atoms with van der Waals surface area (Å²) in [7, 11) is 1.52. The molecule has 0 saturated carbocycles. The van der Waals surface area contributed by atoms with Crippen molar-refractivity contribution in [3.63, 3.8) is 0 Å². The van der Waals surface area contributed by atoms with Crippen molar-refractivity contribution in [2.24, 2.45) is 17.3 Å². The molecule has 0 fully saturated rings. The Labute approximate surface area is 188 Å². The molecule has 5 aromatic rings. The Morgan fingerprint density at radius 3 is 2.66 bits per heavy atom. The number of halogens is 1. The molecule has 10 nitrogen and oxygen atoms in total. The van der Waals surface area contributed by atoms with Gasteiger partial charge in [-0.1, -0.05) is 46.3 Å². The summed E-state index contributed by atoms with van der Waals surface area (Å²) in [5.74, 6) is -0.0166. The van der Waals surface area contributed by atoms with Gasteiger partial charge in [-0.05, 0) is 23.8 Å². The second-order valence-electron chi connectivity index (χ2n) is 7.19. The molecule has 0 aliphatic rings. The lowest BCUT2D eigenvalue weighted by Gasteiger charge is -2.06. The standard InChI is InChI=1S/C21H16BrN7O3/c1-28-17-16(19(31)25-21(28)32)29(10-11-5-3-2-4-6-11)20(24-17)27-26-15-13-9-12(22)7-8-14(13)23-18(15)30/h2-9,23,30H,10H2,1H3,(H,25,31,32). The average Bonchev–Trinajstić information content (AvgIpc) is 3.28. The normalized spacial score (nSPS) is 11.8. The van der Waals surface area contributed by atoms with Crippen LogP contribution in [0.4, 0.5) is 11.6 Å². The molecular weight excluding hydrogens is 478 g/mol. The van der Waals surface area contributed by atoms with Crippen LogP contribution in [0.25, 0.3) is 22.1 Å². The van der Waals surface area contributed by atoms with Gasteiger partial charge in [-0.15, -0.1) is 10.2 Å². The number of azo groups is 1.